The maximum atomic E-state index is 5.28. The molecule has 0 bridgehead atoms. The summed E-state index contributed by atoms with van der Waals surface area (Å²) in [4.78, 5) is 0. The summed E-state index contributed by atoms with van der Waals surface area (Å²) in [6.07, 6.45) is 20.4. The first-order valence-electron chi connectivity index (χ1n) is 7.28. The summed E-state index contributed by atoms with van der Waals surface area (Å²) < 4.78 is 0. The Hall–Kier alpha value is -0.460. The minimum Gasteiger partial charge on any atom is -0.405 e. The molecule has 0 saturated carbocycles. The fourth-order valence-corrected chi connectivity index (χ4v) is 2.02. The monoisotopic (exact) mass is 225 g/mol. The van der Waals surface area contributed by atoms with Gasteiger partial charge >= 0.3 is 0 Å². The number of rotatable bonds is 12. The molecule has 0 aromatic heterocycles. The highest BCUT2D eigenvalue weighted by Crippen LogP contribution is 2.11. The van der Waals surface area contributed by atoms with Crippen LogP contribution < -0.4 is 5.73 Å². The second-order valence-electron chi connectivity index (χ2n) is 4.75. The van der Waals surface area contributed by atoms with Crippen molar-refractivity contribution in [3.8, 4) is 0 Å². The average molecular weight is 225 g/mol. The Kier molecular flexibility index (Phi) is 14.1. The van der Waals surface area contributed by atoms with Crippen LogP contribution in [-0.4, -0.2) is 0 Å². The molecular weight excluding hydrogens is 194 g/mol. The molecule has 0 rings (SSSR count). The molecule has 0 aliphatic rings. The number of hydrogen-bond donors (Lipinski definition) is 1. The predicted octanol–water partition coefficient (Wildman–Crippen LogP) is 5.16. The van der Waals surface area contributed by atoms with Gasteiger partial charge in [0.1, 0.15) is 0 Å². The molecule has 0 aromatic rings. The molecule has 0 aliphatic heterocycles. The van der Waals surface area contributed by atoms with E-state index in [-0.39, 0.29) is 0 Å². The average Bonchev–Trinajstić information content (AvgIpc) is 2.31. The fraction of sp³-hybridized carbons (Fsp3) is 0.867. The predicted molar refractivity (Wildman–Crippen MR) is 74.4 cm³/mol. The Balaban J connectivity index is 2.88. The van der Waals surface area contributed by atoms with Crippen LogP contribution >= 0.6 is 0 Å². The molecule has 1 heteroatoms. The van der Waals surface area contributed by atoms with Crippen LogP contribution in [0.15, 0.2) is 12.3 Å². The number of hydrogen-bond acceptors (Lipinski definition) is 1. The van der Waals surface area contributed by atoms with Crippen LogP contribution in [0, 0.1) is 0 Å². The molecule has 0 aromatic carbocycles. The highest BCUT2D eigenvalue weighted by atomic mass is 14.5. The zero-order valence-corrected chi connectivity index (χ0v) is 11.2. The summed E-state index contributed by atoms with van der Waals surface area (Å²) in [6.45, 7) is 2.28. The van der Waals surface area contributed by atoms with Crippen molar-refractivity contribution in [3.05, 3.63) is 12.3 Å². The number of nitrogens with two attached hydrogens (primary N) is 1. The van der Waals surface area contributed by atoms with Gasteiger partial charge in [0, 0.05) is 0 Å². The maximum absolute atomic E-state index is 5.28. The molecule has 96 valence electrons. The number of unbranched alkanes of at least 4 members (excludes halogenated alkanes) is 11. The first-order valence-corrected chi connectivity index (χ1v) is 7.28. The van der Waals surface area contributed by atoms with Crippen molar-refractivity contribution in [3.63, 3.8) is 0 Å². The Morgan fingerprint density at radius 2 is 1.12 bits per heavy atom. The Bertz CT molecular complexity index is 140. The molecule has 0 saturated heterocycles. The SMILES string of the molecule is CCCCCCCCCCCCC/C=C/N. The van der Waals surface area contributed by atoms with Crippen LogP contribution in [0.3, 0.4) is 0 Å². The topological polar surface area (TPSA) is 26.0 Å². The molecule has 0 aliphatic carbocycles. The smallest absolute Gasteiger partial charge is 0.0103 e. The molecule has 16 heavy (non-hydrogen) atoms. The highest BCUT2D eigenvalue weighted by Gasteiger charge is 1.92. The second kappa shape index (κ2) is 14.5. The van der Waals surface area contributed by atoms with Gasteiger partial charge < -0.3 is 5.73 Å². The standard InChI is InChI=1S/C15H31N/c1-2-3-4-5-6-7-8-9-10-11-12-13-14-15-16/h14-15H,2-13,16H2,1H3/b15-14+. The largest absolute Gasteiger partial charge is 0.405 e. The van der Waals surface area contributed by atoms with Crippen LogP contribution in [0.5, 0.6) is 0 Å². The van der Waals surface area contributed by atoms with E-state index in [1.54, 1.807) is 6.20 Å². The highest BCUT2D eigenvalue weighted by molar-refractivity contribution is 4.74. The third-order valence-corrected chi connectivity index (χ3v) is 3.11. The van der Waals surface area contributed by atoms with Crippen molar-refractivity contribution in [2.45, 2.75) is 84.0 Å². The summed E-state index contributed by atoms with van der Waals surface area (Å²) in [5, 5.41) is 0. The normalized spacial score (nSPS) is 11.3. The summed E-state index contributed by atoms with van der Waals surface area (Å²) in [7, 11) is 0. The molecule has 0 atom stereocenters. The zero-order valence-electron chi connectivity index (χ0n) is 11.2. The van der Waals surface area contributed by atoms with Gasteiger partial charge in [-0.25, -0.2) is 0 Å². The van der Waals surface area contributed by atoms with Gasteiger partial charge in [-0.05, 0) is 19.0 Å². The Morgan fingerprint density at radius 1 is 0.688 bits per heavy atom. The third-order valence-electron chi connectivity index (χ3n) is 3.11. The van der Waals surface area contributed by atoms with Crippen LogP contribution in [0.4, 0.5) is 0 Å². The van der Waals surface area contributed by atoms with Crippen molar-refractivity contribution in [2.24, 2.45) is 5.73 Å². The van der Waals surface area contributed by atoms with Crippen molar-refractivity contribution in [1.29, 1.82) is 0 Å². The van der Waals surface area contributed by atoms with E-state index in [4.69, 9.17) is 5.73 Å². The van der Waals surface area contributed by atoms with Gasteiger partial charge in [0.2, 0.25) is 0 Å². The molecule has 0 fully saturated rings. The van der Waals surface area contributed by atoms with Gasteiger partial charge in [-0.1, -0.05) is 77.2 Å². The van der Waals surface area contributed by atoms with Crippen molar-refractivity contribution in [2.75, 3.05) is 0 Å². The molecule has 0 heterocycles. The van der Waals surface area contributed by atoms with Crippen LogP contribution in [0.25, 0.3) is 0 Å². The summed E-state index contributed by atoms with van der Waals surface area (Å²) in [5.41, 5.74) is 5.28. The Morgan fingerprint density at radius 3 is 1.56 bits per heavy atom. The summed E-state index contributed by atoms with van der Waals surface area (Å²) in [6, 6.07) is 0. The van der Waals surface area contributed by atoms with Gasteiger partial charge in [0.25, 0.3) is 0 Å². The van der Waals surface area contributed by atoms with E-state index in [2.05, 4.69) is 13.0 Å². The first-order chi connectivity index (χ1) is 7.91. The zero-order chi connectivity index (χ0) is 11.9. The lowest BCUT2D eigenvalue weighted by atomic mass is 10.1. The third kappa shape index (κ3) is 13.5. The fourth-order valence-electron chi connectivity index (χ4n) is 2.02. The van der Waals surface area contributed by atoms with Crippen molar-refractivity contribution < 1.29 is 0 Å². The van der Waals surface area contributed by atoms with Crippen LogP contribution in [0.2, 0.25) is 0 Å². The first kappa shape index (κ1) is 15.5. The Labute approximate surface area is 102 Å². The minimum absolute atomic E-state index is 1.16. The van der Waals surface area contributed by atoms with Crippen molar-refractivity contribution >= 4 is 0 Å². The van der Waals surface area contributed by atoms with E-state index in [0.717, 1.165) is 6.42 Å². The van der Waals surface area contributed by atoms with E-state index in [1.807, 2.05) is 0 Å². The molecular formula is C15H31N. The second-order valence-corrected chi connectivity index (χ2v) is 4.75. The molecule has 0 spiro atoms. The molecule has 2 N–H and O–H groups in total. The van der Waals surface area contributed by atoms with Gasteiger partial charge in [0.15, 0.2) is 0 Å². The molecule has 0 radical (unpaired) electrons. The van der Waals surface area contributed by atoms with Gasteiger partial charge in [0.05, 0.1) is 0 Å². The van der Waals surface area contributed by atoms with E-state index in [1.165, 1.54) is 70.6 Å². The van der Waals surface area contributed by atoms with E-state index in [0.29, 0.717) is 0 Å². The summed E-state index contributed by atoms with van der Waals surface area (Å²) >= 11 is 0. The van der Waals surface area contributed by atoms with E-state index in [9.17, 15) is 0 Å². The van der Waals surface area contributed by atoms with Gasteiger partial charge in [-0.3, -0.25) is 0 Å². The lowest BCUT2D eigenvalue weighted by Gasteiger charge is -2.01. The lowest BCUT2D eigenvalue weighted by Crippen LogP contribution is -1.82. The molecule has 1 nitrogen and oxygen atoms in total. The van der Waals surface area contributed by atoms with Crippen LogP contribution in [0.1, 0.15) is 84.0 Å². The number of allylic oxidation sites excluding steroid dienone is 1. The van der Waals surface area contributed by atoms with E-state index >= 15 is 0 Å². The van der Waals surface area contributed by atoms with Crippen LogP contribution in [-0.2, 0) is 0 Å². The van der Waals surface area contributed by atoms with Gasteiger partial charge in [-0.2, -0.15) is 0 Å². The summed E-state index contributed by atoms with van der Waals surface area (Å²) in [5.74, 6) is 0. The van der Waals surface area contributed by atoms with Gasteiger partial charge in [-0.15, -0.1) is 0 Å². The van der Waals surface area contributed by atoms with Crippen molar-refractivity contribution in [1.82, 2.24) is 0 Å². The molecule has 0 unspecified atom stereocenters. The maximum Gasteiger partial charge on any atom is -0.0103 e. The van der Waals surface area contributed by atoms with E-state index < -0.39 is 0 Å². The molecule has 0 amide bonds. The minimum atomic E-state index is 1.16. The quantitative estimate of drug-likeness (QED) is 0.456. The lowest BCUT2D eigenvalue weighted by molar-refractivity contribution is 0.550.